The Morgan fingerprint density at radius 2 is 1.79 bits per heavy atom. The molecule has 0 aromatic rings. The van der Waals surface area contributed by atoms with Gasteiger partial charge in [-0.25, -0.2) is 4.79 Å². The van der Waals surface area contributed by atoms with Gasteiger partial charge in [-0.2, -0.15) is 0 Å². The summed E-state index contributed by atoms with van der Waals surface area (Å²) in [4.78, 5) is 10.9. The minimum atomic E-state index is -0.221. The third-order valence-corrected chi connectivity index (χ3v) is 2.04. The molecule has 0 aliphatic heterocycles. The summed E-state index contributed by atoms with van der Waals surface area (Å²) in [5.41, 5.74) is 0. The second-order valence-electron chi connectivity index (χ2n) is 3.44. The molecule has 0 fully saturated rings. The molecule has 0 saturated carbocycles. The van der Waals surface area contributed by atoms with Crippen molar-refractivity contribution in [1.29, 1.82) is 0 Å². The van der Waals surface area contributed by atoms with E-state index in [0.29, 0.717) is 6.61 Å². The third kappa shape index (κ3) is 9.30. The van der Waals surface area contributed by atoms with E-state index in [2.05, 4.69) is 6.92 Å². The summed E-state index contributed by atoms with van der Waals surface area (Å²) in [6.45, 7) is 4.58. The first-order valence-electron chi connectivity index (χ1n) is 5.60. The third-order valence-electron chi connectivity index (χ3n) is 2.04. The van der Waals surface area contributed by atoms with Crippen LogP contribution in [0.3, 0.4) is 0 Å². The fourth-order valence-electron chi connectivity index (χ4n) is 1.24. The van der Waals surface area contributed by atoms with Crippen LogP contribution in [0.1, 0.15) is 52.4 Å². The number of unbranched alkanes of at least 4 members (excludes halogenated alkanes) is 5. The molecule has 0 amide bonds. The van der Waals surface area contributed by atoms with Gasteiger partial charge in [0, 0.05) is 6.08 Å². The van der Waals surface area contributed by atoms with Gasteiger partial charge in [0.2, 0.25) is 0 Å². The molecular formula is C12H22O2. The molecular weight excluding hydrogens is 176 g/mol. The van der Waals surface area contributed by atoms with Gasteiger partial charge >= 0.3 is 5.97 Å². The predicted molar refractivity (Wildman–Crippen MR) is 59.1 cm³/mol. The van der Waals surface area contributed by atoms with Crippen LogP contribution < -0.4 is 0 Å². The molecule has 82 valence electrons. The Morgan fingerprint density at radius 3 is 2.43 bits per heavy atom. The Bertz CT molecular complexity index is 162. The molecule has 0 radical (unpaired) electrons. The van der Waals surface area contributed by atoms with Crippen molar-refractivity contribution in [1.82, 2.24) is 0 Å². The van der Waals surface area contributed by atoms with E-state index < -0.39 is 0 Å². The Morgan fingerprint density at radius 1 is 1.14 bits per heavy atom. The van der Waals surface area contributed by atoms with Crippen LogP contribution in [0.2, 0.25) is 0 Å². The van der Waals surface area contributed by atoms with Crippen molar-refractivity contribution in [2.75, 3.05) is 6.61 Å². The quantitative estimate of drug-likeness (QED) is 0.339. The first kappa shape index (κ1) is 13.2. The first-order valence-corrected chi connectivity index (χ1v) is 5.60. The molecule has 0 saturated heterocycles. The van der Waals surface area contributed by atoms with E-state index >= 15 is 0 Å². The number of esters is 1. The monoisotopic (exact) mass is 198 g/mol. The molecule has 2 heteroatoms. The number of hydrogen-bond donors (Lipinski definition) is 0. The second kappa shape index (κ2) is 10.3. The van der Waals surface area contributed by atoms with Crippen LogP contribution in [0.5, 0.6) is 0 Å². The van der Waals surface area contributed by atoms with E-state index in [1.54, 1.807) is 6.08 Å². The molecule has 0 rings (SSSR count). The largest absolute Gasteiger partial charge is 0.463 e. The van der Waals surface area contributed by atoms with Crippen molar-refractivity contribution in [3.8, 4) is 0 Å². The van der Waals surface area contributed by atoms with E-state index in [-0.39, 0.29) is 5.97 Å². The topological polar surface area (TPSA) is 26.3 Å². The Kier molecular flexibility index (Phi) is 9.71. The summed E-state index contributed by atoms with van der Waals surface area (Å²) in [5.74, 6) is -0.221. The molecule has 0 heterocycles. The van der Waals surface area contributed by atoms with Gasteiger partial charge in [0.25, 0.3) is 0 Å². The van der Waals surface area contributed by atoms with E-state index in [1.165, 1.54) is 38.2 Å². The van der Waals surface area contributed by atoms with Crippen molar-refractivity contribution in [2.24, 2.45) is 0 Å². The number of hydrogen-bond acceptors (Lipinski definition) is 2. The van der Waals surface area contributed by atoms with E-state index in [9.17, 15) is 4.79 Å². The lowest BCUT2D eigenvalue weighted by Gasteiger charge is -2.01. The summed E-state index contributed by atoms with van der Waals surface area (Å²) in [7, 11) is 0. The van der Waals surface area contributed by atoms with Crippen LogP contribution in [0, 0.1) is 0 Å². The molecule has 0 aliphatic rings. The summed E-state index contributed by atoms with van der Waals surface area (Å²) >= 11 is 0. The zero-order valence-corrected chi connectivity index (χ0v) is 9.42. The number of carbonyl (C=O) groups excluding carboxylic acids is 1. The van der Waals surface area contributed by atoms with E-state index in [4.69, 9.17) is 4.74 Å². The second-order valence-corrected chi connectivity index (χ2v) is 3.44. The molecule has 0 aromatic carbocycles. The molecule has 14 heavy (non-hydrogen) atoms. The lowest BCUT2D eigenvalue weighted by atomic mass is 10.1. The van der Waals surface area contributed by atoms with Crippen LogP contribution in [-0.2, 0) is 9.53 Å². The Hall–Kier alpha value is -0.790. The smallest absolute Gasteiger partial charge is 0.330 e. The molecule has 0 spiro atoms. The van der Waals surface area contributed by atoms with Gasteiger partial charge in [-0.1, -0.05) is 45.1 Å². The number of carbonyl (C=O) groups is 1. The highest BCUT2D eigenvalue weighted by molar-refractivity contribution is 5.81. The van der Waals surface area contributed by atoms with Gasteiger partial charge in [0.05, 0.1) is 6.61 Å². The normalized spacial score (nSPS) is 10.7. The maximum absolute atomic E-state index is 10.9. The van der Waals surface area contributed by atoms with Crippen LogP contribution in [0.25, 0.3) is 0 Å². The Labute approximate surface area is 87.3 Å². The molecule has 0 bridgehead atoms. The fraction of sp³-hybridized carbons (Fsp3) is 0.750. The van der Waals surface area contributed by atoms with Gasteiger partial charge in [0.15, 0.2) is 0 Å². The number of rotatable bonds is 8. The van der Waals surface area contributed by atoms with Crippen molar-refractivity contribution < 1.29 is 9.53 Å². The molecule has 0 unspecified atom stereocenters. The van der Waals surface area contributed by atoms with Crippen molar-refractivity contribution in [2.45, 2.75) is 52.4 Å². The lowest BCUT2D eigenvalue weighted by Crippen LogP contribution is -2.01. The van der Waals surface area contributed by atoms with Gasteiger partial charge < -0.3 is 4.74 Å². The molecule has 0 N–H and O–H groups in total. The zero-order chi connectivity index (χ0) is 10.6. The minimum Gasteiger partial charge on any atom is -0.463 e. The number of ether oxygens (including phenoxy) is 1. The van der Waals surface area contributed by atoms with E-state index in [0.717, 1.165) is 6.42 Å². The molecule has 2 nitrogen and oxygen atoms in total. The number of allylic oxidation sites excluding steroid dienone is 1. The maximum atomic E-state index is 10.9. The molecule has 0 aliphatic carbocycles. The summed E-state index contributed by atoms with van der Waals surface area (Å²) in [6.07, 6.45) is 10.5. The highest BCUT2D eigenvalue weighted by Gasteiger charge is 1.95. The summed E-state index contributed by atoms with van der Waals surface area (Å²) in [6, 6.07) is 0. The van der Waals surface area contributed by atoms with Gasteiger partial charge in [-0.05, 0) is 13.3 Å². The van der Waals surface area contributed by atoms with Crippen molar-refractivity contribution in [3.63, 3.8) is 0 Å². The van der Waals surface area contributed by atoms with Crippen LogP contribution in [-0.4, -0.2) is 12.6 Å². The summed E-state index contributed by atoms with van der Waals surface area (Å²) < 4.78 is 4.96. The van der Waals surface area contributed by atoms with Crippen LogP contribution >= 0.6 is 0 Å². The predicted octanol–water partition coefficient (Wildman–Crippen LogP) is 3.47. The van der Waals surface area contributed by atoms with E-state index in [1.807, 2.05) is 6.92 Å². The van der Waals surface area contributed by atoms with Gasteiger partial charge in [0.1, 0.15) is 0 Å². The SMILES string of the molecule is C/C=C/C(=O)OCCCCCCCC. The van der Waals surface area contributed by atoms with Gasteiger partial charge in [-0.15, -0.1) is 0 Å². The van der Waals surface area contributed by atoms with Crippen LogP contribution in [0.15, 0.2) is 12.2 Å². The highest BCUT2D eigenvalue weighted by Crippen LogP contribution is 2.04. The fourth-order valence-corrected chi connectivity index (χ4v) is 1.24. The summed E-state index contributed by atoms with van der Waals surface area (Å²) in [5, 5.41) is 0. The molecule has 0 aromatic heterocycles. The minimum absolute atomic E-state index is 0.221. The molecule has 0 atom stereocenters. The average Bonchev–Trinajstić information content (AvgIpc) is 2.17. The average molecular weight is 198 g/mol. The lowest BCUT2D eigenvalue weighted by molar-refractivity contribution is -0.137. The zero-order valence-electron chi connectivity index (χ0n) is 9.42. The standard InChI is InChI=1S/C12H22O2/c1-3-5-6-7-8-9-11-14-12(13)10-4-2/h4,10H,3,5-9,11H2,1-2H3/b10-4+. The van der Waals surface area contributed by atoms with Gasteiger partial charge in [-0.3, -0.25) is 0 Å². The van der Waals surface area contributed by atoms with Crippen molar-refractivity contribution >= 4 is 5.97 Å². The van der Waals surface area contributed by atoms with Crippen molar-refractivity contribution in [3.05, 3.63) is 12.2 Å². The highest BCUT2D eigenvalue weighted by atomic mass is 16.5. The van der Waals surface area contributed by atoms with Crippen LogP contribution in [0.4, 0.5) is 0 Å². The first-order chi connectivity index (χ1) is 6.81. The Balaban J connectivity index is 3.09. The maximum Gasteiger partial charge on any atom is 0.330 e.